The van der Waals surface area contributed by atoms with Gasteiger partial charge < -0.3 is 9.80 Å². The van der Waals surface area contributed by atoms with Crippen LogP contribution >= 0.6 is 15.9 Å². The van der Waals surface area contributed by atoms with Gasteiger partial charge in [0, 0.05) is 23.1 Å². The molecule has 0 spiro atoms. The summed E-state index contributed by atoms with van der Waals surface area (Å²) in [4.78, 5) is 36.1. The van der Waals surface area contributed by atoms with E-state index < -0.39 is 6.04 Å². The summed E-state index contributed by atoms with van der Waals surface area (Å²) in [7, 11) is 3.96. The van der Waals surface area contributed by atoms with Gasteiger partial charge >= 0.3 is 0 Å². The molecular weight excluding hydrogens is 504 g/mol. The summed E-state index contributed by atoms with van der Waals surface area (Å²) >= 11 is 3.44. The SMILES string of the molecule is CC(c1nc2ccccc2c(=O)n1Cc1ccccc1)N(CCN(C)C)C(=O)c1ccc(Br)cc1. The average Bonchev–Trinajstić information content (AvgIpc) is 2.86. The third-order valence-corrected chi connectivity index (χ3v) is 6.58. The number of carbonyl (C=O) groups is 1. The van der Waals surface area contributed by atoms with Crippen molar-refractivity contribution < 1.29 is 4.79 Å². The molecule has 0 aliphatic heterocycles. The molecule has 4 aromatic rings. The maximum absolute atomic E-state index is 13.7. The lowest BCUT2D eigenvalue weighted by Gasteiger charge is -2.31. The van der Waals surface area contributed by atoms with E-state index in [4.69, 9.17) is 4.98 Å². The molecule has 0 saturated heterocycles. The number of rotatable bonds is 8. The predicted octanol–water partition coefficient (Wildman–Crippen LogP) is 4.97. The zero-order valence-corrected chi connectivity index (χ0v) is 21.8. The standard InChI is InChI=1S/C28H29BrN4O2/c1-20(32(18-17-31(2)3)27(34)22-13-15-23(29)16-14-22)26-30-25-12-8-7-11-24(25)28(35)33(26)19-21-9-5-4-6-10-21/h4-16,20H,17-19H2,1-3H3. The van der Waals surface area contributed by atoms with Crippen LogP contribution in [0.2, 0.25) is 0 Å². The Kier molecular flexibility index (Phi) is 7.78. The fourth-order valence-electron chi connectivity index (χ4n) is 4.10. The van der Waals surface area contributed by atoms with Gasteiger partial charge in [-0.3, -0.25) is 14.2 Å². The molecule has 0 bridgehead atoms. The third kappa shape index (κ3) is 5.69. The Labute approximate surface area is 214 Å². The lowest BCUT2D eigenvalue weighted by molar-refractivity contribution is 0.0665. The Morgan fingerprint density at radius 1 is 0.943 bits per heavy atom. The first kappa shape index (κ1) is 24.8. The van der Waals surface area contributed by atoms with E-state index in [2.05, 4.69) is 15.9 Å². The number of hydrogen-bond donors (Lipinski definition) is 0. The number of aromatic nitrogens is 2. The minimum atomic E-state index is -0.424. The van der Waals surface area contributed by atoms with Crippen LogP contribution in [0.4, 0.5) is 0 Å². The average molecular weight is 533 g/mol. The molecule has 1 amide bonds. The largest absolute Gasteiger partial charge is 0.327 e. The zero-order valence-electron chi connectivity index (χ0n) is 20.2. The molecule has 7 heteroatoms. The van der Waals surface area contributed by atoms with E-state index >= 15 is 0 Å². The summed E-state index contributed by atoms with van der Waals surface area (Å²) in [6.07, 6.45) is 0. The van der Waals surface area contributed by atoms with Crippen molar-refractivity contribution in [2.75, 3.05) is 27.2 Å². The van der Waals surface area contributed by atoms with Crippen LogP contribution in [0, 0.1) is 0 Å². The maximum atomic E-state index is 13.7. The summed E-state index contributed by atoms with van der Waals surface area (Å²) in [5.41, 5.74) is 2.12. The molecule has 0 N–H and O–H groups in total. The van der Waals surface area contributed by atoms with Crippen LogP contribution in [-0.2, 0) is 6.54 Å². The summed E-state index contributed by atoms with van der Waals surface area (Å²) < 4.78 is 2.62. The number of amides is 1. The van der Waals surface area contributed by atoms with Gasteiger partial charge in [-0.1, -0.05) is 58.4 Å². The Morgan fingerprint density at radius 2 is 1.60 bits per heavy atom. The zero-order chi connectivity index (χ0) is 24.9. The molecule has 1 unspecified atom stereocenters. The number of benzene rings is 3. The van der Waals surface area contributed by atoms with E-state index in [1.807, 2.05) is 98.7 Å². The lowest BCUT2D eigenvalue weighted by atomic mass is 10.1. The highest BCUT2D eigenvalue weighted by Gasteiger charge is 2.27. The molecular formula is C28H29BrN4O2. The number of carbonyl (C=O) groups excluding carboxylic acids is 1. The molecule has 0 aliphatic rings. The molecule has 0 radical (unpaired) electrons. The minimum absolute atomic E-state index is 0.0967. The summed E-state index contributed by atoms with van der Waals surface area (Å²) in [6, 6.07) is 24.2. The van der Waals surface area contributed by atoms with Crippen molar-refractivity contribution in [2.45, 2.75) is 19.5 Å². The Balaban J connectivity index is 1.83. The number of nitrogens with zero attached hydrogens (tertiary/aromatic N) is 4. The highest BCUT2D eigenvalue weighted by molar-refractivity contribution is 9.10. The van der Waals surface area contributed by atoms with E-state index in [1.165, 1.54) is 0 Å². The monoisotopic (exact) mass is 532 g/mol. The second kappa shape index (κ2) is 11.0. The normalized spacial score (nSPS) is 12.1. The van der Waals surface area contributed by atoms with Crippen molar-refractivity contribution >= 4 is 32.7 Å². The number of hydrogen-bond acceptors (Lipinski definition) is 4. The van der Waals surface area contributed by atoms with Crippen molar-refractivity contribution in [3.63, 3.8) is 0 Å². The second-order valence-electron chi connectivity index (χ2n) is 8.85. The molecule has 0 aliphatic carbocycles. The molecule has 35 heavy (non-hydrogen) atoms. The quantitative estimate of drug-likeness (QED) is 0.321. The first-order valence-corrected chi connectivity index (χ1v) is 12.4. The molecule has 1 atom stereocenters. The molecule has 180 valence electrons. The van der Waals surface area contributed by atoms with Crippen LogP contribution < -0.4 is 5.56 Å². The van der Waals surface area contributed by atoms with Gasteiger partial charge in [0.15, 0.2) is 0 Å². The summed E-state index contributed by atoms with van der Waals surface area (Å²) in [5.74, 6) is 0.474. The van der Waals surface area contributed by atoms with E-state index in [0.29, 0.717) is 41.9 Å². The number of fused-ring (bicyclic) bond motifs is 1. The first-order valence-electron chi connectivity index (χ1n) is 11.6. The molecule has 4 rings (SSSR count). The highest BCUT2D eigenvalue weighted by atomic mass is 79.9. The number of halogens is 1. The van der Waals surface area contributed by atoms with Crippen molar-refractivity contribution in [2.24, 2.45) is 0 Å². The van der Waals surface area contributed by atoms with Gasteiger partial charge in [-0.15, -0.1) is 0 Å². The van der Waals surface area contributed by atoms with Gasteiger partial charge in [-0.2, -0.15) is 0 Å². The second-order valence-corrected chi connectivity index (χ2v) is 9.76. The van der Waals surface area contributed by atoms with E-state index in [9.17, 15) is 9.59 Å². The third-order valence-electron chi connectivity index (χ3n) is 6.06. The van der Waals surface area contributed by atoms with Gasteiger partial charge in [0.2, 0.25) is 0 Å². The molecule has 0 fully saturated rings. The Bertz CT molecular complexity index is 1370. The maximum Gasteiger partial charge on any atom is 0.261 e. The minimum Gasteiger partial charge on any atom is -0.327 e. The number of likely N-dealkylation sites (N-methyl/N-ethyl adjacent to an activating group) is 1. The van der Waals surface area contributed by atoms with Crippen LogP contribution in [0.3, 0.4) is 0 Å². The fraction of sp³-hybridized carbons (Fsp3) is 0.250. The van der Waals surface area contributed by atoms with E-state index in [1.54, 1.807) is 15.5 Å². The summed E-state index contributed by atoms with van der Waals surface area (Å²) in [6.45, 7) is 3.51. The van der Waals surface area contributed by atoms with Crippen LogP contribution in [0.5, 0.6) is 0 Å². The molecule has 6 nitrogen and oxygen atoms in total. The van der Waals surface area contributed by atoms with E-state index in [-0.39, 0.29) is 11.5 Å². The van der Waals surface area contributed by atoms with Crippen LogP contribution in [0.15, 0.2) is 88.1 Å². The molecule has 1 aromatic heterocycles. The van der Waals surface area contributed by atoms with Crippen LogP contribution in [-0.4, -0.2) is 52.4 Å². The van der Waals surface area contributed by atoms with Gasteiger partial charge in [0.1, 0.15) is 5.82 Å². The van der Waals surface area contributed by atoms with Gasteiger partial charge in [-0.25, -0.2) is 4.98 Å². The summed E-state index contributed by atoms with van der Waals surface area (Å²) in [5, 5.41) is 0.568. The smallest absolute Gasteiger partial charge is 0.261 e. The van der Waals surface area contributed by atoms with Crippen molar-refractivity contribution in [1.82, 2.24) is 19.4 Å². The van der Waals surface area contributed by atoms with Crippen LogP contribution in [0.25, 0.3) is 10.9 Å². The van der Waals surface area contributed by atoms with Gasteiger partial charge in [0.25, 0.3) is 11.5 Å². The lowest BCUT2D eigenvalue weighted by Crippen LogP contribution is -2.41. The number of para-hydroxylation sites is 1. The topological polar surface area (TPSA) is 58.4 Å². The molecule has 0 saturated carbocycles. The van der Waals surface area contributed by atoms with Gasteiger partial charge in [-0.05, 0) is 63.0 Å². The molecule has 3 aromatic carbocycles. The first-order chi connectivity index (χ1) is 16.8. The van der Waals surface area contributed by atoms with Crippen LogP contribution in [0.1, 0.15) is 34.7 Å². The predicted molar refractivity (Wildman–Crippen MR) is 144 cm³/mol. The van der Waals surface area contributed by atoms with Gasteiger partial charge in [0.05, 0.1) is 23.5 Å². The van der Waals surface area contributed by atoms with Crippen molar-refractivity contribution in [3.8, 4) is 0 Å². The van der Waals surface area contributed by atoms with Crippen molar-refractivity contribution in [1.29, 1.82) is 0 Å². The highest BCUT2D eigenvalue weighted by Crippen LogP contribution is 2.23. The Hall–Kier alpha value is -3.29. The van der Waals surface area contributed by atoms with E-state index in [0.717, 1.165) is 10.0 Å². The fourth-order valence-corrected chi connectivity index (χ4v) is 4.36. The molecule has 1 heterocycles. The Morgan fingerprint density at radius 3 is 2.29 bits per heavy atom. The van der Waals surface area contributed by atoms with Crippen molar-refractivity contribution in [3.05, 3.63) is 111 Å².